The average molecular weight is 357 g/mol. The maximum atomic E-state index is 10.8. The summed E-state index contributed by atoms with van der Waals surface area (Å²) in [7, 11) is 0. The van der Waals surface area contributed by atoms with E-state index in [0.29, 0.717) is 6.04 Å². The van der Waals surface area contributed by atoms with Crippen LogP contribution in [0.2, 0.25) is 0 Å². The lowest BCUT2D eigenvalue weighted by Crippen LogP contribution is -2.40. The van der Waals surface area contributed by atoms with Gasteiger partial charge in [0.2, 0.25) is 0 Å². The van der Waals surface area contributed by atoms with Crippen LogP contribution in [0.5, 0.6) is 0 Å². The van der Waals surface area contributed by atoms with Crippen molar-refractivity contribution in [2.45, 2.75) is 51.3 Å². The third kappa shape index (κ3) is 4.49. The molecule has 116 valence electrons. The molecular formula is C15H21BrN2O3. The monoisotopic (exact) mass is 356 g/mol. The summed E-state index contributed by atoms with van der Waals surface area (Å²) in [6, 6.07) is 5.31. The van der Waals surface area contributed by atoms with Gasteiger partial charge in [0.05, 0.1) is 11.0 Å². The van der Waals surface area contributed by atoms with Gasteiger partial charge in [-0.2, -0.15) is 0 Å². The van der Waals surface area contributed by atoms with Crippen molar-refractivity contribution in [1.29, 1.82) is 0 Å². The van der Waals surface area contributed by atoms with E-state index < -0.39 is 0 Å². The molecule has 5 nitrogen and oxygen atoms in total. The fourth-order valence-corrected chi connectivity index (χ4v) is 3.42. The summed E-state index contributed by atoms with van der Waals surface area (Å²) < 4.78 is 0.776. The highest BCUT2D eigenvalue weighted by molar-refractivity contribution is 9.10. The fourth-order valence-electron chi connectivity index (χ4n) is 2.93. The highest BCUT2D eigenvalue weighted by atomic mass is 79.9. The second-order valence-corrected chi connectivity index (χ2v) is 6.59. The Morgan fingerprint density at radius 3 is 2.90 bits per heavy atom. The highest BCUT2D eigenvalue weighted by Gasteiger charge is 2.24. The molecule has 0 saturated carbocycles. The Balaban J connectivity index is 2.10. The van der Waals surface area contributed by atoms with Gasteiger partial charge in [0, 0.05) is 29.2 Å². The predicted octanol–water partition coefficient (Wildman–Crippen LogP) is 3.48. The van der Waals surface area contributed by atoms with Crippen LogP contribution < -0.4 is 0 Å². The van der Waals surface area contributed by atoms with E-state index in [2.05, 4.69) is 20.8 Å². The topological polar surface area (TPSA) is 66.6 Å². The van der Waals surface area contributed by atoms with Crippen molar-refractivity contribution in [3.63, 3.8) is 0 Å². The van der Waals surface area contributed by atoms with Crippen molar-refractivity contribution in [2.75, 3.05) is 6.54 Å². The number of aliphatic hydroxyl groups excluding tert-OH is 1. The molecule has 0 amide bonds. The zero-order valence-corrected chi connectivity index (χ0v) is 13.8. The molecule has 1 heterocycles. The number of halogens is 1. The van der Waals surface area contributed by atoms with Crippen molar-refractivity contribution in [1.82, 2.24) is 4.90 Å². The SMILES string of the molecule is CC(O)CC1CCCCN1Cc1ccc([N+](=O)[O-])cc1Br. The number of nitro benzene ring substituents is 1. The first-order valence-corrected chi connectivity index (χ1v) is 8.11. The van der Waals surface area contributed by atoms with Crippen LogP contribution >= 0.6 is 15.9 Å². The van der Waals surface area contributed by atoms with Crippen LogP contribution in [0.4, 0.5) is 5.69 Å². The molecule has 1 saturated heterocycles. The van der Waals surface area contributed by atoms with E-state index in [9.17, 15) is 15.2 Å². The Kier molecular flexibility index (Phi) is 5.72. The van der Waals surface area contributed by atoms with Gasteiger partial charge in [-0.25, -0.2) is 0 Å². The van der Waals surface area contributed by atoms with Crippen molar-refractivity contribution in [3.05, 3.63) is 38.3 Å². The summed E-state index contributed by atoms with van der Waals surface area (Å²) in [6.45, 7) is 3.60. The summed E-state index contributed by atoms with van der Waals surface area (Å²) in [4.78, 5) is 12.8. The highest BCUT2D eigenvalue weighted by Crippen LogP contribution is 2.28. The minimum Gasteiger partial charge on any atom is -0.393 e. The van der Waals surface area contributed by atoms with Gasteiger partial charge in [0.25, 0.3) is 5.69 Å². The van der Waals surface area contributed by atoms with Crippen molar-refractivity contribution in [3.8, 4) is 0 Å². The minimum atomic E-state index is -0.383. The standard InChI is InChI=1S/C15H21BrN2O3/c1-11(19)8-13-4-2-3-7-17(13)10-12-5-6-14(18(20)21)9-15(12)16/h5-6,9,11,13,19H,2-4,7-8,10H2,1H3. The molecule has 2 atom stereocenters. The normalized spacial score (nSPS) is 21.2. The molecule has 0 aromatic heterocycles. The zero-order chi connectivity index (χ0) is 15.4. The number of hydrogen-bond acceptors (Lipinski definition) is 4. The second-order valence-electron chi connectivity index (χ2n) is 5.74. The molecule has 2 unspecified atom stereocenters. The van der Waals surface area contributed by atoms with Gasteiger partial charge in [0.1, 0.15) is 0 Å². The lowest BCUT2D eigenvalue weighted by Gasteiger charge is -2.36. The lowest BCUT2D eigenvalue weighted by molar-refractivity contribution is -0.384. The van der Waals surface area contributed by atoms with Gasteiger partial charge in [0.15, 0.2) is 0 Å². The van der Waals surface area contributed by atoms with Crippen LogP contribution in [-0.2, 0) is 6.54 Å². The van der Waals surface area contributed by atoms with E-state index in [0.717, 1.165) is 36.0 Å². The fraction of sp³-hybridized carbons (Fsp3) is 0.600. The Bertz CT molecular complexity index is 508. The van der Waals surface area contributed by atoms with Crippen LogP contribution in [0.1, 0.15) is 38.2 Å². The van der Waals surface area contributed by atoms with E-state index in [1.165, 1.54) is 12.8 Å². The maximum absolute atomic E-state index is 10.8. The van der Waals surface area contributed by atoms with Crippen LogP contribution in [0.3, 0.4) is 0 Å². The van der Waals surface area contributed by atoms with E-state index >= 15 is 0 Å². The molecule has 0 aliphatic carbocycles. The molecule has 1 fully saturated rings. The summed E-state index contributed by atoms with van der Waals surface area (Å²) in [6.07, 6.45) is 3.96. The molecule has 0 bridgehead atoms. The summed E-state index contributed by atoms with van der Waals surface area (Å²) in [5.74, 6) is 0. The molecule has 1 aliphatic rings. The Hall–Kier alpha value is -0.980. The minimum absolute atomic E-state index is 0.102. The first-order chi connectivity index (χ1) is 9.97. The van der Waals surface area contributed by atoms with Crippen molar-refractivity contribution < 1.29 is 10.0 Å². The van der Waals surface area contributed by atoms with Crippen LogP contribution in [-0.4, -0.2) is 33.6 Å². The van der Waals surface area contributed by atoms with Crippen LogP contribution in [0, 0.1) is 10.1 Å². The number of likely N-dealkylation sites (tertiary alicyclic amines) is 1. The molecular weight excluding hydrogens is 336 g/mol. The molecule has 1 aromatic carbocycles. The van der Waals surface area contributed by atoms with Gasteiger partial charge >= 0.3 is 0 Å². The number of nitrogens with zero attached hydrogens (tertiary/aromatic N) is 2. The summed E-state index contributed by atoms with van der Waals surface area (Å²) >= 11 is 3.43. The van der Waals surface area contributed by atoms with Gasteiger partial charge in [-0.15, -0.1) is 0 Å². The lowest BCUT2D eigenvalue weighted by atomic mass is 9.96. The Morgan fingerprint density at radius 2 is 2.29 bits per heavy atom. The molecule has 6 heteroatoms. The predicted molar refractivity (Wildman–Crippen MR) is 85.1 cm³/mol. The van der Waals surface area contributed by atoms with Crippen molar-refractivity contribution >= 4 is 21.6 Å². The van der Waals surface area contributed by atoms with Gasteiger partial charge < -0.3 is 5.11 Å². The number of hydrogen-bond donors (Lipinski definition) is 1. The molecule has 0 spiro atoms. The van der Waals surface area contributed by atoms with Crippen LogP contribution in [0.25, 0.3) is 0 Å². The van der Waals surface area contributed by atoms with E-state index in [1.807, 2.05) is 13.0 Å². The van der Waals surface area contributed by atoms with Gasteiger partial charge in [-0.05, 0) is 44.4 Å². The third-order valence-electron chi connectivity index (χ3n) is 3.98. The van der Waals surface area contributed by atoms with E-state index in [4.69, 9.17) is 0 Å². The Morgan fingerprint density at radius 1 is 1.52 bits per heavy atom. The summed E-state index contributed by atoms with van der Waals surface area (Å²) in [5, 5.41) is 20.4. The van der Waals surface area contributed by atoms with Gasteiger partial charge in [-0.1, -0.05) is 22.4 Å². The Labute approximate surface area is 133 Å². The zero-order valence-electron chi connectivity index (χ0n) is 12.2. The number of non-ortho nitro benzene ring substituents is 1. The quantitative estimate of drug-likeness (QED) is 0.647. The molecule has 1 aromatic rings. The average Bonchev–Trinajstić information content (AvgIpc) is 2.42. The van der Waals surface area contributed by atoms with Gasteiger partial charge in [-0.3, -0.25) is 15.0 Å². The number of piperidine rings is 1. The largest absolute Gasteiger partial charge is 0.393 e. The number of benzene rings is 1. The summed E-state index contributed by atoms with van der Waals surface area (Å²) in [5.41, 5.74) is 1.16. The first-order valence-electron chi connectivity index (χ1n) is 7.32. The molecule has 1 N–H and O–H groups in total. The molecule has 0 radical (unpaired) electrons. The number of nitro groups is 1. The third-order valence-corrected chi connectivity index (χ3v) is 4.72. The smallest absolute Gasteiger partial charge is 0.270 e. The van der Waals surface area contributed by atoms with E-state index in [1.54, 1.807) is 12.1 Å². The number of rotatable bonds is 5. The number of aliphatic hydroxyl groups is 1. The molecule has 1 aliphatic heterocycles. The molecule has 21 heavy (non-hydrogen) atoms. The van der Waals surface area contributed by atoms with Crippen LogP contribution in [0.15, 0.2) is 22.7 Å². The van der Waals surface area contributed by atoms with Crippen molar-refractivity contribution in [2.24, 2.45) is 0 Å². The maximum Gasteiger partial charge on any atom is 0.270 e. The first kappa shape index (κ1) is 16.4. The van der Waals surface area contributed by atoms with E-state index in [-0.39, 0.29) is 16.7 Å². The molecule has 2 rings (SSSR count). The second kappa shape index (κ2) is 7.33.